The molecule has 0 aliphatic carbocycles. The highest BCUT2D eigenvalue weighted by Gasteiger charge is 2.16. The first-order valence-corrected chi connectivity index (χ1v) is 5.32. The predicted octanol–water partition coefficient (Wildman–Crippen LogP) is 1.14. The van der Waals surface area contributed by atoms with Crippen LogP contribution in [0.25, 0.3) is 0 Å². The summed E-state index contributed by atoms with van der Waals surface area (Å²) in [4.78, 5) is 23.8. The van der Waals surface area contributed by atoms with Crippen molar-refractivity contribution in [2.45, 2.75) is 33.7 Å². The Kier molecular flexibility index (Phi) is 3.52. The summed E-state index contributed by atoms with van der Waals surface area (Å²) in [6, 6.07) is 1.87. The smallest absolute Gasteiger partial charge is 0.263 e. The van der Waals surface area contributed by atoms with Crippen LogP contribution in [0.15, 0.2) is 10.9 Å². The molecule has 1 heterocycles. The van der Waals surface area contributed by atoms with Gasteiger partial charge in [0.05, 0.1) is 0 Å². The molecular weight excluding hydrogens is 204 g/mol. The van der Waals surface area contributed by atoms with E-state index in [0.717, 1.165) is 11.3 Å². The molecule has 0 aromatic carbocycles. The summed E-state index contributed by atoms with van der Waals surface area (Å²) in [6.45, 7) is 7.36. The van der Waals surface area contributed by atoms with Gasteiger partial charge in [-0.15, -0.1) is 0 Å². The maximum absolute atomic E-state index is 11.9. The molecule has 0 spiro atoms. The van der Waals surface area contributed by atoms with Crippen molar-refractivity contribution in [3.63, 3.8) is 0 Å². The Hall–Kier alpha value is -1.58. The van der Waals surface area contributed by atoms with E-state index in [1.165, 1.54) is 4.57 Å². The molecule has 0 aliphatic heterocycles. The summed E-state index contributed by atoms with van der Waals surface area (Å²) in [5, 5.41) is 2.74. The van der Waals surface area contributed by atoms with Gasteiger partial charge >= 0.3 is 0 Å². The number of hydrogen-bond donors (Lipinski definition) is 1. The molecule has 1 amide bonds. The van der Waals surface area contributed by atoms with Crippen molar-refractivity contribution in [1.29, 1.82) is 0 Å². The minimum absolute atomic E-state index is 0.0258. The largest absolute Gasteiger partial charge is 0.350 e. The summed E-state index contributed by atoms with van der Waals surface area (Å²) in [5.74, 6) is -0.298. The lowest BCUT2D eigenvalue weighted by Crippen LogP contribution is -2.37. The molecule has 1 rings (SSSR count). The lowest BCUT2D eigenvalue weighted by molar-refractivity contribution is 0.0940. The summed E-state index contributed by atoms with van der Waals surface area (Å²) in [7, 11) is 1.67. The van der Waals surface area contributed by atoms with Crippen LogP contribution in [0.4, 0.5) is 0 Å². The second-order valence-electron chi connectivity index (χ2n) is 4.34. The number of carbonyl (C=O) groups excluding carboxylic acids is 1. The van der Waals surface area contributed by atoms with Gasteiger partial charge in [-0.2, -0.15) is 0 Å². The van der Waals surface area contributed by atoms with Crippen LogP contribution < -0.4 is 10.9 Å². The van der Waals surface area contributed by atoms with Gasteiger partial charge in [0.2, 0.25) is 0 Å². The van der Waals surface area contributed by atoms with Gasteiger partial charge in [0, 0.05) is 18.8 Å². The first-order chi connectivity index (χ1) is 7.34. The molecule has 0 fully saturated rings. The number of nitrogens with zero attached hydrogens (tertiary/aromatic N) is 1. The van der Waals surface area contributed by atoms with Crippen LogP contribution in [-0.4, -0.2) is 16.5 Å². The Morgan fingerprint density at radius 2 is 1.94 bits per heavy atom. The maximum Gasteiger partial charge on any atom is 0.263 e. The summed E-state index contributed by atoms with van der Waals surface area (Å²) in [5.41, 5.74) is 1.57. The molecular formula is C12H18N2O2. The molecule has 88 valence electrons. The van der Waals surface area contributed by atoms with E-state index >= 15 is 0 Å². The Balaban J connectivity index is 3.30. The van der Waals surface area contributed by atoms with Crippen molar-refractivity contribution >= 4 is 5.91 Å². The van der Waals surface area contributed by atoms with Crippen molar-refractivity contribution in [2.75, 3.05) is 0 Å². The van der Waals surface area contributed by atoms with Crippen molar-refractivity contribution in [3.8, 4) is 0 Å². The fourth-order valence-electron chi connectivity index (χ4n) is 1.59. The van der Waals surface area contributed by atoms with Crippen LogP contribution in [0.3, 0.4) is 0 Å². The minimum atomic E-state index is -0.298. The van der Waals surface area contributed by atoms with E-state index in [1.54, 1.807) is 14.0 Å². The average Bonchev–Trinajstić information content (AvgIpc) is 2.13. The molecule has 0 atom stereocenters. The lowest BCUT2D eigenvalue weighted by Gasteiger charge is -2.12. The second-order valence-corrected chi connectivity index (χ2v) is 4.34. The average molecular weight is 222 g/mol. The van der Waals surface area contributed by atoms with Gasteiger partial charge in [0.15, 0.2) is 0 Å². The molecule has 4 heteroatoms. The van der Waals surface area contributed by atoms with E-state index in [1.807, 2.05) is 26.8 Å². The standard InChI is InChI=1S/C12H18N2O2/c1-7(2)13-11(15)10-8(3)6-9(4)14(5)12(10)16/h6-7H,1-5H3,(H,13,15). The number of nitrogens with one attached hydrogen (secondary N) is 1. The third-order valence-corrected chi connectivity index (χ3v) is 2.51. The molecule has 0 saturated heterocycles. The number of pyridine rings is 1. The van der Waals surface area contributed by atoms with E-state index in [2.05, 4.69) is 5.32 Å². The van der Waals surface area contributed by atoms with Gasteiger partial charge in [-0.1, -0.05) is 0 Å². The topological polar surface area (TPSA) is 51.1 Å². The van der Waals surface area contributed by atoms with Crippen LogP contribution in [0, 0.1) is 13.8 Å². The first-order valence-electron chi connectivity index (χ1n) is 5.32. The minimum Gasteiger partial charge on any atom is -0.350 e. The molecule has 0 bridgehead atoms. The zero-order valence-electron chi connectivity index (χ0n) is 10.4. The Morgan fingerprint density at radius 1 is 1.38 bits per heavy atom. The predicted molar refractivity (Wildman–Crippen MR) is 63.8 cm³/mol. The van der Waals surface area contributed by atoms with Crippen LogP contribution in [0.2, 0.25) is 0 Å². The molecule has 1 N–H and O–H groups in total. The molecule has 1 aromatic rings. The second kappa shape index (κ2) is 4.51. The van der Waals surface area contributed by atoms with Crippen molar-refractivity contribution in [1.82, 2.24) is 9.88 Å². The van der Waals surface area contributed by atoms with Crippen molar-refractivity contribution < 1.29 is 4.79 Å². The summed E-state index contributed by atoms with van der Waals surface area (Å²) in [6.07, 6.45) is 0. The number of aryl methyl sites for hydroxylation is 2. The SMILES string of the molecule is Cc1cc(C)n(C)c(=O)c1C(=O)NC(C)C. The Labute approximate surface area is 95.3 Å². The maximum atomic E-state index is 11.9. The number of amides is 1. The zero-order valence-corrected chi connectivity index (χ0v) is 10.4. The molecule has 16 heavy (non-hydrogen) atoms. The number of rotatable bonds is 2. The van der Waals surface area contributed by atoms with Gasteiger partial charge in [0.1, 0.15) is 5.56 Å². The normalized spacial score (nSPS) is 10.6. The van der Waals surface area contributed by atoms with Crippen LogP contribution in [0.5, 0.6) is 0 Å². The van der Waals surface area contributed by atoms with Gasteiger partial charge in [0.25, 0.3) is 11.5 Å². The quantitative estimate of drug-likeness (QED) is 0.815. The van der Waals surface area contributed by atoms with Crippen molar-refractivity contribution in [2.24, 2.45) is 7.05 Å². The monoisotopic (exact) mass is 222 g/mol. The van der Waals surface area contributed by atoms with Gasteiger partial charge in [-0.05, 0) is 39.3 Å². The number of carbonyl (C=O) groups is 1. The van der Waals surface area contributed by atoms with Crippen LogP contribution in [-0.2, 0) is 7.05 Å². The van der Waals surface area contributed by atoms with Gasteiger partial charge in [-0.25, -0.2) is 0 Å². The highest BCUT2D eigenvalue weighted by Crippen LogP contribution is 2.05. The lowest BCUT2D eigenvalue weighted by atomic mass is 10.1. The Morgan fingerprint density at radius 3 is 2.44 bits per heavy atom. The molecule has 4 nitrogen and oxygen atoms in total. The first kappa shape index (κ1) is 12.5. The highest BCUT2D eigenvalue weighted by atomic mass is 16.2. The van der Waals surface area contributed by atoms with E-state index in [9.17, 15) is 9.59 Å². The van der Waals surface area contributed by atoms with Gasteiger partial charge < -0.3 is 9.88 Å². The van der Waals surface area contributed by atoms with Crippen LogP contribution >= 0.6 is 0 Å². The fourth-order valence-corrected chi connectivity index (χ4v) is 1.59. The van der Waals surface area contributed by atoms with Crippen molar-refractivity contribution in [3.05, 3.63) is 33.2 Å². The van der Waals surface area contributed by atoms with E-state index in [-0.39, 0.29) is 23.1 Å². The fraction of sp³-hybridized carbons (Fsp3) is 0.500. The van der Waals surface area contributed by atoms with E-state index in [0.29, 0.717) is 0 Å². The Bertz CT molecular complexity index is 473. The number of aromatic nitrogens is 1. The molecule has 0 saturated carbocycles. The summed E-state index contributed by atoms with van der Waals surface area (Å²) < 4.78 is 1.49. The summed E-state index contributed by atoms with van der Waals surface area (Å²) >= 11 is 0. The highest BCUT2D eigenvalue weighted by molar-refractivity contribution is 5.95. The number of hydrogen-bond acceptors (Lipinski definition) is 2. The van der Waals surface area contributed by atoms with Crippen LogP contribution in [0.1, 0.15) is 35.5 Å². The molecule has 1 aromatic heterocycles. The third kappa shape index (κ3) is 2.32. The third-order valence-electron chi connectivity index (χ3n) is 2.51. The van der Waals surface area contributed by atoms with Gasteiger partial charge in [-0.3, -0.25) is 9.59 Å². The molecule has 0 aliphatic rings. The zero-order chi connectivity index (χ0) is 12.5. The molecule has 0 radical (unpaired) electrons. The molecule has 0 unspecified atom stereocenters. The van der Waals surface area contributed by atoms with E-state index < -0.39 is 0 Å². The van der Waals surface area contributed by atoms with E-state index in [4.69, 9.17) is 0 Å².